The molecule has 1 aromatic rings. The summed E-state index contributed by atoms with van der Waals surface area (Å²) in [4.78, 5) is 11.4. The predicted molar refractivity (Wildman–Crippen MR) is 58.2 cm³/mol. The predicted octanol–water partition coefficient (Wildman–Crippen LogP) is 2.28. The van der Waals surface area contributed by atoms with Crippen LogP contribution in [0.25, 0.3) is 0 Å². The van der Waals surface area contributed by atoms with Crippen molar-refractivity contribution in [2.75, 3.05) is 14.2 Å². The first-order chi connectivity index (χ1) is 7.10. The highest BCUT2D eigenvalue weighted by Crippen LogP contribution is 2.24. The van der Waals surface area contributed by atoms with Crippen LogP contribution in [0, 0.1) is 6.92 Å². The van der Waals surface area contributed by atoms with Crippen LogP contribution in [0.3, 0.4) is 0 Å². The summed E-state index contributed by atoms with van der Waals surface area (Å²) in [6.45, 7) is 3.79. The molecule has 0 saturated carbocycles. The molecule has 0 fully saturated rings. The largest absolute Gasteiger partial charge is 0.497 e. The van der Waals surface area contributed by atoms with E-state index >= 15 is 0 Å². The van der Waals surface area contributed by atoms with Gasteiger partial charge in [0.2, 0.25) is 0 Å². The zero-order valence-corrected chi connectivity index (χ0v) is 9.53. The topological polar surface area (TPSA) is 35.5 Å². The van der Waals surface area contributed by atoms with Crippen molar-refractivity contribution < 1.29 is 14.3 Å². The molecule has 0 aliphatic rings. The SMILES string of the molecule is COC(=O)C(C)c1ccc(OC)cc1C. The molecule has 0 N–H and O–H groups in total. The third-order valence-electron chi connectivity index (χ3n) is 2.50. The summed E-state index contributed by atoms with van der Waals surface area (Å²) < 4.78 is 9.81. The lowest BCUT2D eigenvalue weighted by molar-refractivity contribution is -0.142. The summed E-state index contributed by atoms with van der Waals surface area (Å²) in [7, 11) is 3.02. The van der Waals surface area contributed by atoms with E-state index in [1.807, 2.05) is 32.0 Å². The highest BCUT2D eigenvalue weighted by Gasteiger charge is 2.17. The summed E-state index contributed by atoms with van der Waals surface area (Å²) in [5.74, 6) is 0.345. The minimum absolute atomic E-state index is 0.219. The quantitative estimate of drug-likeness (QED) is 0.715. The van der Waals surface area contributed by atoms with Crippen LogP contribution in [0.4, 0.5) is 0 Å². The van der Waals surface area contributed by atoms with Crippen molar-refractivity contribution in [3.8, 4) is 5.75 Å². The molecule has 1 aromatic carbocycles. The molecule has 0 amide bonds. The number of methoxy groups -OCH3 is 2. The van der Waals surface area contributed by atoms with Crippen LogP contribution >= 0.6 is 0 Å². The molecular formula is C12H16O3. The lowest BCUT2D eigenvalue weighted by Crippen LogP contribution is -2.11. The van der Waals surface area contributed by atoms with Gasteiger partial charge in [-0.05, 0) is 37.1 Å². The second-order valence-electron chi connectivity index (χ2n) is 3.47. The zero-order chi connectivity index (χ0) is 11.4. The van der Waals surface area contributed by atoms with Crippen molar-refractivity contribution in [2.24, 2.45) is 0 Å². The number of rotatable bonds is 3. The minimum atomic E-state index is -0.235. The molecule has 82 valence electrons. The first-order valence-electron chi connectivity index (χ1n) is 4.82. The average molecular weight is 208 g/mol. The van der Waals surface area contributed by atoms with Crippen LogP contribution in [0.15, 0.2) is 18.2 Å². The van der Waals surface area contributed by atoms with Crippen LogP contribution in [0.2, 0.25) is 0 Å². The first kappa shape index (κ1) is 11.6. The Balaban J connectivity index is 3.00. The van der Waals surface area contributed by atoms with Crippen molar-refractivity contribution >= 4 is 5.97 Å². The van der Waals surface area contributed by atoms with E-state index in [1.165, 1.54) is 7.11 Å². The second kappa shape index (κ2) is 4.82. The maximum absolute atomic E-state index is 11.4. The Kier molecular flexibility index (Phi) is 3.72. The van der Waals surface area contributed by atoms with Crippen LogP contribution in [-0.2, 0) is 9.53 Å². The summed E-state index contributed by atoms with van der Waals surface area (Å²) in [6, 6.07) is 5.66. The Morgan fingerprint density at radius 1 is 1.33 bits per heavy atom. The lowest BCUT2D eigenvalue weighted by Gasteiger charge is -2.13. The van der Waals surface area contributed by atoms with Gasteiger partial charge < -0.3 is 9.47 Å². The molecule has 1 rings (SSSR count). The van der Waals surface area contributed by atoms with Gasteiger partial charge in [-0.1, -0.05) is 6.07 Å². The van der Waals surface area contributed by atoms with E-state index in [0.717, 1.165) is 16.9 Å². The van der Waals surface area contributed by atoms with Crippen molar-refractivity contribution in [3.05, 3.63) is 29.3 Å². The van der Waals surface area contributed by atoms with E-state index in [2.05, 4.69) is 0 Å². The van der Waals surface area contributed by atoms with Gasteiger partial charge >= 0.3 is 5.97 Å². The van der Waals surface area contributed by atoms with Crippen molar-refractivity contribution in [3.63, 3.8) is 0 Å². The van der Waals surface area contributed by atoms with Crippen molar-refractivity contribution in [1.29, 1.82) is 0 Å². The molecule has 15 heavy (non-hydrogen) atoms. The first-order valence-corrected chi connectivity index (χ1v) is 4.82. The Hall–Kier alpha value is -1.51. The number of hydrogen-bond acceptors (Lipinski definition) is 3. The van der Waals surface area contributed by atoms with E-state index in [9.17, 15) is 4.79 Å². The maximum Gasteiger partial charge on any atom is 0.312 e. The molecule has 0 aromatic heterocycles. The number of carbonyl (C=O) groups is 1. The van der Waals surface area contributed by atoms with Crippen molar-refractivity contribution in [2.45, 2.75) is 19.8 Å². The molecule has 0 aliphatic carbocycles. The number of esters is 1. The zero-order valence-electron chi connectivity index (χ0n) is 9.53. The highest BCUT2D eigenvalue weighted by atomic mass is 16.5. The minimum Gasteiger partial charge on any atom is -0.497 e. The molecule has 1 atom stereocenters. The van der Waals surface area contributed by atoms with Gasteiger partial charge in [0, 0.05) is 0 Å². The molecule has 0 spiro atoms. The van der Waals surface area contributed by atoms with E-state index in [1.54, 1.807) is 7.11 Å². The fourth-order valence-corrected chi connectivity index (χ4v) is 1.56. The molecule has 3 nitrogen and oxygen atoms in total. The monoisotopic (exact) mass is 208 g/mol. The third kappa shape index (κ3) is 2.49. The molecule has 0 aliphatic heterocycles. The highest BCUT2D eigenvalue weighted by molar-refractivity contribution is 5.78. The number of benzene rings is 1. The third-order valence-corrected chi connectivity index (χ3v) is 2.50. The summed E-state index contributed by atoms with van der Waals surface area (Å²) in [6.07, 6.45) is 0. The van der Waals surface area contributed by atoms with Gasteiger partial charge in [-0.15, -0.1) is 0 Å². The van der Waals surface area contributed by atoms with Crippen LogP contribution in [0.5, 0.6) is 5.75 Å². The van der Waals surface area contributed by atoms with E-state index in [-0.39, 0.29) is 11.9 Å². The van der Waals surface area contributed by atoms with Crippen molar-refractivity contribution in [1.82, 2.24) is 0 Å². The second-order valence-corrected chi connectivity index (χ2v) is 3.47. The van der Waals surface area contributed by atoms with E-state index < -0.39 is 0 Å². The Labute approximate surface area is 90.0 Å². The normalized spacial score (nSPS) is 12.0. The molecule has 1 unspecified atom stereocenters. The summed E-state index contributed by atoms with van der Waals surface area (Å²) >= 11 is 0. The number of aryl methyl sites for hydroxylation is 1. The number of carbonyl (C=O) groups excluding carboxylic acids is 1. The molecule has 0 radical (unpaired) electrons. The smallest absolute Gasteiger partial charge is 0.312 e. The molecule has 0 bridgehead atoms. The van der Waals surface area contributed by atoms with E-state index in [0.29, 0.717) is 0 Å². The fraction of sp³-hybridized carbons (Fsp3) is 0.417. The number of ether oxygens (including phenoxy) is 2. The summed E-state index contributed by atoms with van der Waals surface area (Å²) in [5.41, 5.74) is 2.01. The van der Waals surface area contributed by atoms with Gasteiger partial charge in [0.25, 0.3) is 0 Å². The standard InChI is InChI=1S/C12H16O3/c1-8-7-10(14-3)5-6-11(8)9(2)12(13)15-4/h5-7,9H,1-4H3. The Morgan fingerprint density at radius 3 is 2.47 bits per heavy atom. The lowest BCUT2D eigenvalue weighted by atomic mass is 9.96. The number of hydrogen-bond donors (Lipinski definition) is 0. The van der Waals surface area contributed by atoms with Crippen LogP contribution in [-0.4, -0.2) is 20.2 Å². The van der Waals surface area contributed by atoms with Gasteiger partial charge in [-0.3, -0.25) is 4.79 Å². The van der Waals surface area contributed by atoms with Gasteiger partial charge in [-0.25, -0.2) is 0 Å². The van der Waals surface area contributed by atoms with Crippen LogP contribution < -0.4 is 4.74 Å². The molecule has 3 heteroatoms. The molecular weight excluding hydrogens is 192 g/mol. The average Bonchev–Trinajstić information content (AvgIpc) is 2.26. The van der Waals surface area contributed by atoms with Gasteiger partial charge in [0.05, 0.1) is 20.1 Å². The molecule has 0 heterocycles. The Bertz CT molecular complexity index is 358. The summed E-state index contributed by atoms with van der Waals surface area (Å²) in [5, 5.41) is 0. The fourth-order valence-electron chi connectivity index (χ4n) is 1.56. The van der Waals surface area contributed by atoms with Gasteiger partial charge in [0.15, 0.2) is 0 Å². The van der Waals surface area contributed by atoms with Crippen LogP contribution in [0.1, 0.15) is 24.0 Å². The van der Waals surface area contributed by atoms with Gasteiger partial charge in [-0.2, -0.15) is 0 Å². The van der Waals surface area contributed by atoms with E-state index in [4.69, 9.17) is 9.47 Å². The Morgan fingerprint density at radius 2 is 2.00 bits per heavy atom. The molecule has 0 saturated heterocycles. The maximum atomic E-state index is 11.4. The van der Waals surface area contributed by atoms with Gasteiger partial charge in [0.1, 0.15) is 5.75 Å².